The molecule has 112 valence electrons. The minimum absolute atomic E-state index is 0.265. The van der Waals surface area contributed by atoms with E-state index < -0.39 is 17.6 Å². The first-order valence-corrected chi connectivity index (χ1v) is 6.76. The van der Waals surface area contributed by atoms with E-state index in [9.17, 15) is 17.6 Å². The lowest BCUT2D eigenvalue weighted by atomic mass is 9.92. The fourth-order valence-corrected chi connectivity index (χ4v) is 2.79. The van der Waals surface area contributed by atoms with Crippen molar-refractivity contribution in [2.24, 2.45) is 5.41 Å². The van der Waals surface area contributed by atoms with Crippen LogP contribution in [0.2, 0.25) is 0 Å². The van der Waals surface area contributed by atoms with Crippen LogP contribution in [0.25, 0.3) is 0 Å². The Hall–Kier alpha value is -1.10. The van der Waals surface area contributed by atoms with E-state index >= 15 is 0 Å². The Kier molecular flexibility index (Phi) is 4.09. The van der Waals surface area contributed by atoms with Gasteiger partial charge in [-0.25, -0.2) is 4.39 Å². The maximum atomic E-state index is 13.3. The summed E-state index contributed by atoms with van der Waals surface area (Å²) in [6.45, 7) is 4.62. The van der Waals surface area contributed by atoms with Crippen molar-refractivity contribution in [1.82, 2.24) is 5.32 Å². The van der Waals surface area contributed by atoms with Crippen LogP contribution in [0.5, 0.6) is 0 Å². The monoisotopic (exact) mass is 289 g/mol. The van der Waals surface area contributed by atoms with E-state index in [0.717, 1.165) is 31.4 Å². The van der Waals surface area contributed by atoms with Crippen LogP contribution in [0.4, 0.5) is 17.6 Å². The molecule has 0 aliphatic heterocycles. The molecule has 1 nitrogen and oxygen atoms in total. The van der Waals surface area contributed by atoms with Crippen molar-refractivity contribution in [3.63, 3.8) is 0 Å². The van der Waals surface area contributed by atoms with Crippen LogP contribution >= 0.6 is 0 Å². The van der Waals surface area contributed by atoms with Crippen molar-refractivity contribution in [3.05, 3.63) is 35.1 Å². The third-order valence-electron chi connectivity index (χ3n) is 3.85. The van der Waals surface area contributed by atoms with Gasteiger partial charge in [0.05, 0.1) is 5.56 Å². The zero-order valence-corrected chi connectivity index (χ0v) is 11.6. The number of alkyl halides is 3. The van der Waals surface area contributed by atoms with Crippen LogP contribution in [0, 0.1) is 11.2 Å². The van der Waals surface area contributed by atoms with Crippen LogP contribution in [0.3, 0.4) is 0 Å². The molecule has 1 aliphatic carbocycles. The summed E-state index contributed by atoms with van der Waals surface area (Å²) in [7, 11) is 0. The molecule has 2 rings (SSSR count). The average molecular weight is 289 g/mol. The molecule has 0 aromatic heterocycles. The van der Waals surface area contributed by atoms with Gasteiger partial charge in [0.25, 0.3) is 0 Å². The minimum Gasteiger partial charge on any atom is -0.310 e. The highest BCUT2D eigenvalue weighted by atomic mass is 19.4. The molecule has 0 radical (unpaired) electrons. The number of rotatable bonds is 3. The number of hydrogen-bond acceptors (Lipinski definition) is 1. The molecule has 1 N–H and O–H groups in total. The van der Waals surface area contributed by atoms with E-state index in [0.29, 0.717) is 17.7 Å². The fraction of sp³-hybridized carbons (Fsp3) is 0.600. The minimum atomic E-state index is -4.51. The molecule has 1 atom stereocenters. The number of benzene rings is 1. The van der Waals surface area contributed by atoms with Crippen molar-refractivity contribution >= 4 is 0 Å². The Morgan fingerprint density at radius 1 is 1.25 bits per heavy atom. The third-order valence-corrected chi connectivity index (χ3v) is 3.85. The van der Waals surface area contributed by atoms with Crippen molar-refractivity contribution in [1.29, 1.82) is 0 Å². The molecule has 0 spiro atoms. The van der Waals surface area contributed by atoms with E-state index in [1.807, 2.05) is 0 Å². The topological polar surface area (TPSA) is 12.0 Å². The molecule has 0 amide bonds. The van der Waals surface area contributed by atoms with Crippen LogP contribution in [-0.4, -0.2) is 6.04 Å². The molecule has 20 heavy (non-hydrogen) atoms. The highest BCUT2D eigenvalue weighted by Crippen LogP contribution is 2.37. The van der Waals surface area contributed by atoms with Gasteiger partial charge in [0, 0.05) is 12.6 Å². The van der Waals surface area contributed by atoms with Gasteiger partial charge >= 0.3 is 6.18 Å². The Balaban J connectivity index is 2.02. The average Bonchev–Trinajstić information content (AvgIpc) is 2.64. The zero-order chi connectivity index (χ0) is 15.0. The molecule has 0 bridgehead atoms. The second-order valence-corrected chi connectivity index (χ2v) is 6.33. The summed E-state index contributed by atoms with van der Waals surface area (Å²) in [5.74, 6) is -0.844. The lowest BCUT2D eigenvalue weighted by Crippen LogP contribution is -2.27. The van der Waals surface area contributed by atoms with Crippen molar-refractivity contribution in [2.45, 2.75) is 51.9 Å². The van der Waals surface area contributed by atoms with Gasteiger partial charge in [-0.1, -0.05) is 13.8 Å². The number of halogens is 4. The van der Waals surface area contributed by atoms with Gasteiger partial charge in [-0.05, 0) is 48.4 Å². The Morgan fingerprint density at radius 2 is 1.95 bits per heavy atom. The Bertz CT molecular complexity index is 479. The van der Waals surface area contributed by atoms with Crippen LogP contribution in [0.15, 0.2) is 18.2 Å². The normalized spacial score (nSPS) is 22.2. The molecular weight excluding hydrogens is 270 g/mol. The summed E-state index contributed by atoms with van der Waals surface area (Å²) < 4.78 is 51.1. The standard InChI is InChI=1S/C15H19F4N/c1-14(2)4-3-13(8-14)20-9-10-5-11(15(17,18)19)7-12(16)6-10/h5-7,13,20H,3-4,8-9H2,1-2H3. The summed E-state index contributed by atoms with van der Waals surface area (Å²) in [6.07, 6.45) is -1.41. The molecular formula is C15H19F4N. The second-order valence-electron chi connectivity index (χ2n) is 6.33. The van der Waals surface area contributed by atoms with Gasteiger partial charge in [-0.3, -0.25) is 0 Å². The molecule has 1 fully saturated rings. The number of nitrogens with one attached hydrogen (secondary N) is 1. The third kappa shape index (κ3) is 3.95. The first-order valence-electron chi connectivity index (χ1n) is 6.76. The molecule has 1 aromatic rings. The maximum Gasteiger partial charge on any atom is 0.416 e. The number of hydrogen-bond donors (Lipinski definition) is 1. The highest BCUT2D eigenvalue weighted by Gasteiger charge is 2.32. The zero-order valence-electron chi connectivity index (χ0n) is 11.6. The fourth-order valence-electron chi connectivity index (χ4n) is 2.79. The SMILES string of the molecule is CC1(C)CCC(NCc2cc(F)cc(C(F)(F)F)c2)C1. The summed E-state index contributed by atoms with van der Waals surface area (Å²) in [5.41, 5.74) is -0.320. The first kappa shape index (κ1) is 15.3. The summed E-state index contributed by atoms with van der Waals surface area (Å²) >= 11 is 0. The van der Waals surface area contributed by atoms with Gasteiger partial charge in [0.2, 0.25) is 0 Å². The quantitative estimate of drug-likeness (QED) is 0.807. The predicted octanol–water partition coefficient (Wildman–Crippen LogP) is 4.51. The molecule has 1 unspecified atom stereocenters. The molecule has 5 heteroatoms. The molecule has 0 heterocycles. The van der Waals surface area contributed by atoms with Crippen molar-refractivity contribution < 1.29 is 17.6 Å². The van der Waals surface area contributed by atoms with Crippen LogP contribution < -0.4 is 5.32 Å². The Labute approximate surface area is 116 Å². The molecule has 0 saturated heterocycles. The van der Waals surface area contributed by atoms with E-state index in [-0.39, 0.29) is 12.0 Å². The predicted molar refractivity (Wildman–Crippen MR) is 69.7 cm³/mol. The first-order chi connectivity index (χ1) is 9.16. The Morgan fingerprint density at radius 3 is 2.50 bits per heavy atom. The van der Waals surface area contributed by atoms with Crippen molar-refractivity contribution in [2.75, 3.05) is 0 Å². The van der Waals surface area contributed by atoms with Gasteiger partial charge in [-0.2, -0.15) is 13.2 Å². The second kappa shape index (κ2) is 5.35. The van der Waals surface area contributed by atoms with E-state index in [4.69, 9.17) is 0 Å². The maximum absolute atomic E-state index is 13.3. The van der Waals surface area contributed by atoms with Crippen molar-refractivity contribution in [3.8, 4) is 0 Å². The summed E-state index contributed by atoms with van der Waals surface area (Å²) in [4.78, 5) is 0. The smallest absolute Gasteiger partial charge is 0.310 e. The molecule has 1 aliphatic rings. The van der Waals surface area contributed by atoms with Gasteiger partial charge in [0.1, 0.15) is 5.82 Å². The summed E-state index contributed by atoms with van der Waals surface area (Å²) in [6, 6.07) is 2.99. The van der Waals surface area contributed by atoms with Crippen LogP contribution in [-0.2, 0) is 12.7 Å². The van der Waals surface area contributed by atoms with Gasteiger partial charge in [-0.15, -0.1) is 0 Å². The highest BCUT2D eigenvalue weighted by molar-refractivity contribution is 5.26. The van der Waals surface area contributed by atoms with Gasteiger partial charge in [0.15, 0.2) is 0 Å². The van der Waals surface area contributed by atoms with E-state index in [1.165, 1.54) is 0 Å². The molecule has 1 saturated carbocycles. The summed E-state index contributed by atoms with van der Waals surface area (Å²) in [5, 5.41) is 3.23. The lowest BCUT2D eigenvalue weighted by molar-refractivity contribution is -0.137. The lowest BCUT2D eigenvalue weighted by Gasteiger charge is -2.18. The molecule has 1 aromatic carbocycles. The largest absolute Gasteiger partial charge is 0.416 e. The van der Waals surface area contributed by atoms with Crippen LogP contribution in [0.1, 0.15) is 44.2 Å². The van der Waals surface area contributed by atoms with Gasteiger partial charge < -0.3 is 5.32 Å². The van der Waals surface area contributed by atoms with E-state index in [1.54, 1.807) is 0 Å². The van der Waals surface area contributed by atoms with E-state index in [2.05, 4.69) is 19.2 Å².